The van der Waals surface area contributed by atoms with E-state index in [-0.39, 0.29) is 35.9 Å². The summed E-state index contributed by atoms with van der Waals surface area (Å²) < 4.78 is 16.5. The molecule has 3 atom stereocenters. The summed E-state index contributed by atoms with van der Waals surface area (Å²) in [4.78, 5) is 18.4. The van der Waals surface area contributed by atoms with E-state index in [1.54, 1.807) is 4.90 Å². The highest BCUT2D eigenvalue weighted by Gasteiger charge is 2.44. The van der Waals surface area contributed by atoms with Gasteiger partial charge >= 0.3 is 6.09 Å². The Kier molecular flexibility index (Phi) is 4.57. The summed E-state index contributed by atoms with van der Waals surface area (Å²) in [6, 6.07) is 0. The summed E-state index contributed by atoms with van der Waals surface area (Å²) in [6.45, 7) is 1.91. The Balaban J connectivity index is 1.44. The third kappa shape index (κ3) is 3.44. The van der Waals surface area contributed by atoms with Crippen molar-refractivity contribution in [2.75, 3.05) is 26.3 Å². The third-order valence-electron chi connectivity index (χ3n) is 4.12. The van der Waals surface area contributed by atoms with Crippen LogP contribution in [0.5, 0.6) is 0 Å². The van der Waals surface area contributed by atoms with E-state index in [0.717, 1.165) is 6.42 Å². The molecule has 3 fully saturated rings. The molecule has 0 aliphatic carbocycles. The standard InChI is InChI=1S/C12H20N2O7/c15-12(13-4-1-8(2-5-13)21-14(16)17)20-10-7-19-9-3-6-18-11(9)10/h8-11,16-17H,1-7H2/t9-,10-,11+/m1/s1. The topological polar surface area (TPSA) is 101 Å². The molecule has 0 aromatic carbocycles. The van der Waals surface area contributed by atoms with Crippen LogP contribution in [0.3, 0.4) is 0 Å². The van der Waals surface area contributed by atoms with E-state index in [1.165, 1.54) is 0 Å². The maximum Gasteiger partial charge on any atom is 0.410 e. The van der Waals surface area contributed by atoms with Crippen LogP contribution in [0.1, 0.15) is 19.3 Å². The summed E-state index contributed by atoms with van der Waals surface area (Å²) in [5.74, 6) is 0. The predicted molar refractivity (Wildman–Crippen MR) is 65.5 cm³/mol. The Morgan fingerprint density at radius 1 is 1.19 bits per heavy atom. The molecule has 3 heterocycles. The maximum atomic E-state index is 12.1. The molecule has 9 nitrogen and oxygen atoms in total. The second-order valence-electron chi connectivity index (χ2n) is 5.46. The largest absolute Gasteiger partial charge is 0.441 e. The Bertz CT molecular complexity index is 373. The van der Waals surface area contributed by atoms with Crippen LogP contribution >= 0.6 is 0 Å². The minimum atomic E-state index is -0.386. The minimum absolute atomic E-state index is 0.0435. The summed E-state index contributed by atoms with van der Waals surface area (Å²) in [6.07, 6.45) is 0.718. The van der Waals surface area contributed by atoms with E-state index in [9.17, 15) is 4.79 Å². The van der Waals surface area contributed by atoms with Crippen LogP contribution in [0, 0.1) is 0 Å². The van der Waals surface area contributed by atoms with Gasteiger partial charge in [0.15, 0.2) is 6.10 Å². The first-order valence-corrected chi connectivity index (χ1v) is 7.17. The average molecular weight is 304 g/mol. The molecule has 3 saturated heterocycles. The Labute approximate surface area is 121 Å². The lowest BCUT2D eigenvalue weighted by Gasteiger charge is -2.32. The van der Waals surface area contributed by atoms with Crippen LogP contribution in [0.25, 0.3) is 0 Å². The fourth-order valence-corrected chi connectivity index (χ4v) is 3.01. The first kappa shape index (κ1) is 14.9. The van der Waals surface area contributed by atoms with E-state index in [4.69, 9.17) is 29.5 Å². The normalized spacial score (nSPS) is 33.5. The zero-order valence-corrected chi connectivity index (χ0v) is 11.6. The summed E-state index contributed by atoms with van der Waals surface area (Å²) >= 11 is 0. The fourth-order valence-electron chi connectivity index (χ4n) is 3.01. The lowest BCUT2D eigenvalue weighted by molar-refractivity contribution is -0.506. The maximum absolute atomic E-state index is 12.1. The number of amides is 1. The molecule has 0 bridgehead atoms. The highest BCUT2D eigenvalue weighted by Crippen LogP contribution is 2.29. The molecule has 0 unspecified atom stereocenters. The van der Waals surface area contributed by atoms with Crippen molar-refractivity contribution >= 4 is 6.09 Å². The first-order chi connectivity index (χ1) is 10.1. The molecule has 0 spiro atoms. The number of likely N-dealkylation sites (tertiary alicyclic amines) is 1. The molecular formula is C12H20N2O7. The molecule has 9 heteroatoms. The zero-order chi connectivity index (χ0) is 14.8. The second-order valence-corrected chi connectivity index (χ2v) is 5.46. The molecule has 21 heavy (non-hydrogen) atoms. The Morgan fingerprint density at radius 2 is 1.95 bits per heavy atom. The smallest absolute Gasteiger partial charge is 0.410 e. The number of carbonyl (C=O) groups excluding carboxylic acids is 1. The van der Waals surface area contributed by atoms with Crippen molar-refractivity contribution in [3.05, 3.63) is 0 Å². The number of piperidine rings is 1. The van der Waals surface area contributed by atoms with Crippen molar-refractivity contribution in [1.29, 1.82) is 0 Å². The van der Waals surface area contributed by atoms with Crippen molar-refractivity contribution in [3.8, 4) is 0 Å². The fraction of sp³-hybridized carbons (Fsp3) is 0.917. The number of ether oxygens (including phenoxy) is 3. The van der Waals surface area contributed by atoms with Gasteiger partial charge in [-0.1, -0.05) is 0 Å². The van der Waals surface area contributed by atoms with Gasteiger partial charge in [0, 0.05) is 19.7 Å². The minimum Gasteiger partial charge on any atom is -0.441 e. The molecule has 0 aromatic rings. The van der Waals surface area contributed by atoms with Crippen molar-refractivity contribution < 1.29 is 34.3 Å². The van der Waals surface area contributed by atoms with E-state index < -0.39 is 0 Å². The number of hydrogen-bond donors (Lipinski definition) is 2. The molecule has 0 saturated carbocycles. The quantitative estimate of drug-likeness (QED) is 0.711. The molecule has 1 amide bonds. The lowest BCUT2D eigenvalue weighted by atomic mass is 10.1. The molecule has 3 aliphatic rings. The van der Waals surface area contributed by atoms with Gasteiger partial charge < -0.3 is 19.1 Å². The monoisotopic (exact) mass is 304 g/mol. The Morgan fingerprint density at radius 3 is 2.67 bits per heavy atom. The Hall–Kier alpha value is -0.970. The van der Waals surface area contributed by atoms with Crippen LogP contribution < -0.4 is 0 Å². The summed E-state index contributed by atoms with van der Waals surface area (Å²) in [5, 5.41) is 16.9. The molecule has 3 rings (SSSR count). The van der Waals surface area contributed by atoms with Crippen molar-refractivity contribution in [3.63, 3.8) is 0 Å². The van der Waals surface area contributed by atoms with E-state index in [2.05, 4.69) is 0 Å². The van der Waals surface area contributed by atoms with E-state index in [0.29, 0.717) is 39.1 Å². The van der Waals surface area contributed by atoms with Gasteiger partial charge in [0.25, 0.3) is 0 Å². The van der Waals surface area contributed by atoms with Gasteiger partial charge in [-0.05, 0) is 19.3 Å². The zero-order valence-electron chi connectivity index (χ0n) is 11.6. The van der Waals surface area contributed by atoms with Crippen LogP contribution in [0.2, 0.25) is 0 Å². The highest BCUT2D eigenvalue weighted by molar-refractivity contribution is 5.68. The van der Waals surface area contributed by atoms with Gasteiger partial charge in [-0.25, -0.2) is 9.63 Å². The van der Waals surface area contributed by atoms with Crippen LogP contribution in [-0.2, 0) is 19.0 Å². The molecule has 120 valence electrons. The third-order valence-corrected chi connectivity index (χ3v) is 4.12. The van der Waals surface area contributed by atoms with Gasteiger partial charge in [0.1, 0.15) is 6.10 Å². The SMILES string of the molecule is O=C(O[C@@H]1CO[C@@H]2CCO[C@@H]21)N1CCC(ON(O)O)CC1. The molecule has 0 radical (unpaired) electrons. The lowest BCUT2D eigenvalue weighted by Crippen LogP contribution is -2.44. The summed E-state index contributed by atoms with van der Waals surface area (Å²) in [7, 11) is 0. The highest BCUT2D eigenvalue weighted by atomic mass is 17.1. The molecule has 3 aliphatic heterocycles. The van der Waals surface area contributed by atoms with E-state index >= 15 is 0 Å². The first-order valence-electron chi connectivity index (χ1n) is 7.17. The van der Waals surface area contributed by atoms with Gasteiger partial charge in [-0.15, -0.1) is 0 Å². The van der Waals surface area contributed by atoms with Gasteiger partial charge in [0.2, 0.25) is 0 Å². The number of carbonyl (C=O) groups is 1. The second kappa shape index (κ2) is 6.42. The predicted octanol–water partition coefficient (Wildman–Crippen LogP) is 0.156. The van der Waals surface area contributed by atoms with Gasteiger partial charge in [-0.2, -0.15) is 0 Å². The number of fused-ring (bicyclic) bond motifs is 1. The number of rotatable bonds is 3. The van der Waals surface area contributed by atoms with Crippen molar-refractivity contribution in [2.24, 2.45) is 0 Å². The molecule has 2 N–H and O–H groups in total. The van der Waals surface area contributed by atoms with Crippen LogP contribution in [0.15, 0.2) is 0 Å². The van der Waals surface area contributed by atoms with Crippen molar-refractivity contribution in [1.82, 2.24) is 10.3 Å². The summed E-state index contributed by atoms with van der Waals surface area (Å²) in [5.41, 5.74) is 0. The van der Waals surface area contributed by atoms with Crippen molar-refractivity contribution in [2.45, 2.75) is 43.7 Å². The average Bonchev–Trinajstić information content (AvgIpc) is 3.04. The van der Waals surface area contributed by atoms with Crippen LogP contribution in [0.4, 0.5) is 4.79 Å². The molecular weight excluding hydrogens is 284 g/mol. The van der Waals surface area contributed by atoms with Gasteiger partial charge in [-0.3, -0.25) is 10.4 Å². The molecule has 0 aromatic heterocycles. The van der Waals surface area contributed by atoms with Crippen LogP contribution in [-0.4, -0.2) is 77.5 Å². The number of nitrogens with zero attached hydrogens (tertiary/aromatic N) is 2. The van der Waals surface area contributed by atoms with E-state index in [1.807, 2.05) is 0 Å². The van der Waals surface area contributed by atoms with Gasteiger partial charge in [0.05, 0.1) is 24.2 Å². The number of hydrogen-bond acceptors (Lipinski definition) is 8.